The average Bonchev–Trinajstić information content (AvgIpc) is 3.27. The molecule has 0 spiro atoms. The largest absolute Gasteiger partial charge is 0.381 e. The molecule has 2 aromatic heterocycles. The highest BCUT2D eigenvalue weighted by Crippen LogP contribution is 2.47. The molecule has 3 aliphatic heterocycles. The van der Waals surface area contributed by atoms with E-state index in [1.54, 1.807) is 6.92 Å². The maximum atomic E-state index is 13.0. The molecule has 0 amide bonds. The van der Waals surface area contributed by atoms with Crippen molar-refractivity contribution in [2.45, 2.75) is 82.7 Å². The second kappa shape index (κ2) is 10.0. The molecule has 3 fully saturated rings. The van der Waals surface area contributed by atoms with Crippen molar-refractivity contribution >= 4 is 27.6 Å². The van der Waals surface area contributed by atoms with Gasteiger partial charge in [0.05, 0.1) is 11.4 Å². The van der Waals surface area contributed by atoms with Crippen molar-refractivity contribution in [3.05, 3.63) is 23.0 Å². The number of aryl methyl sites for hydroxylation is 1. The third-order valence-electron chi connectivity index (χ3n) is 7.76. The van der Waals surface area contributed by atoms with E-state index in [4.69, 9.17) is 14.7 Å². The molecular weight excluding hydrogens is 466 g/mol. The van der Waals surface area contributed by atoms with Gasteiger partial charge in [-0.25, -0.2) is 13.4 Å². The lowest BCUT2D eigenvalue weighted by atomic mass is 9.75. The van der Waals surface area contributed by atoms with E-state index in [9.17, 15) is 8.42 Å². The summed E-state index contributed by atoms with van der Waals surface area (Å²) in [7, 11) is -1.40. The third-order valence-corrected chi connectivity index (χ3v) is 9.73. The Morgan fingerprint density at radius 1 is 1.11 bits per heavy atom. The van der Waals surface area contributed by atoms with Crippen molar-refractivity contribution in [1.82, 2.24) is 24.5 Å². The Bertz CT molecular complexity index is 1130. The maximum Gasteiger partial charge on any atom is 0.224 e. The van der Waals surface area contributed by atoms with Gasteiger partial charge in [-0.15, -0.1) is 0 Å². The number of fused-ring (bicyclic) bond motifs is 2. The molecule has 5 rings (SSSR count). The number of hydrogen-bond acceptors (Lipinski definition) is 8. The van der Waals surface area contributed by atoms with Gasteiger partial charge in [-0.3, -0.25) is 5.10 Å². The van der Waals surface area contributed by atoms with Crippen LogP contribution in [0.5, 0.6) is 0 Å². The zero-order chi connectivity index (χ0) is 24.6. The van der Waals surface area contributed by atoms with Gasteiger partial charge in [-0.2, -0.15) is 14.4 Å². The van der Waals surface area contributed by atoms with Gasteiger partial charge < -0.3 is 15.4 Å². The first kappa shape index (κ1) is 24.5. The summed E-state index contributed by atoms with van der Waals surface area (Å²) < 4.78 is 33.4. The van der Waals surface area contributed by atoms with E-state index in [1.165, 1.54) is 0 Å². The van der Waals surface area contributed by atoms with E-state index in [-0.39, 0.29) is 29.7 Å². The molecular formula is C24H37N7O3S. The molecule has 3 atom stereocenters. The fraction of sp³-hybridized carbons (Fsp3) is 0.708. The molecule has 5 heterocycles. The summed E-state index contributed by atoms with van der Waals surface area (Å²) >= 11 is 0. The standard InChI is InChI=1S/C24H37N7O3S/c1-4-35(32,33)31-18-6-5-7-19(31)14-17(13-18)21-22(16-8-10-34-11-9-16)27-24(25-3)28-23(21)26-20-12-15(2)29-30-20/h12,16-19H,4-11,13-14H2,1-3H3,(H3,25,26,27,28,29,30)/t17?,18-,19+. The molecule has 192 valence electrons. The molecule has 1 unspecified atom stereocenters. The van der Waals surface area contributed by atoms with Gasteiger partial charge >= 0.3 is 0 Å². The Morgan fingerprint density at radius 3 is 2.43 bits per heavy atom. The molecule has 0 aliphatic carbocycles. The number of rotatable bonds is 7. The highest BCUT2D eigenvalue weighted by atomic mass is 32.2. The number of aromatic nitrogens is 4. The second-order valence-corrected chi connectivity index (χ2v) is 12.2. The summed E-state index contributed by atoms with van der Waals surface area (Å²) in [5.41, 5.74) is 3.16. The van der Waals surface area contributed by atoms with Crippen LogP contribution in [-0.2, 0) is 14.8 Å². The minimum absolute atomic E-state index is 0.0319. The van der Waals surface area contributed by atoms with E-state index in [0.717, 1.165) is 80.9 Å². The molecule has 0 saturated carbocycles. The highest BCUT2D eigenvalue weighted by Gasteiger charge is 2.45. The smallest absolute Gasteiger partial charge is 0.224 e. The van der Waals surface area contributed by atoms with Crippen molar-refractivity contribution < 1.29 is 13.2 Å². The lowest BCUT2D eigenvalue weighted by Gasteiger charge is -2.48. The van der Waals surface area contributed by atoms with Crippen molar-refractivity contribution in [3.63, 3.8) is 0 Å². The van der Waals surface area contributed by atoms with Crippen LogP contribution in [0.25, 0.3) is 0 Å². The summed E-state index contributed by atoms with van der Waals surface area (Å²) in [6.07, 6.45) is 6.34. The van der Waals surface area contributed by atoms with Crippen LogP contribution in [0.4, 0.5) is 17.6 Å². The Balaban J connectivity index is 1.58. The number of anilines is 3. The van der Waals surface area contributed by atoms with Crippen LogP contribution in [0.3, 0.4) is 0 Å². The van der Waals surface area contributed by atoms with Gasteiger partial charge in [0.1, 0.15) is 5.82 Å². The first-order valence-electron chi connectivity index (χ1n) is 12.9. The number of nitrogens with one attached hydrogen (secondary N) is 3. The predicted molar refractivity (Wildman–Crippen MR) is 136 cm³/mol. The molecule has 3 aliphatic rings. The van der Waals surface area contributed by atoms with Crippen molar-refractivity contribution in [3.8, 4) is 0 Å². The van der Waals surface area contributed by atoms with Gasteiger partial charge in [0.2, 0.25) is 16.0 Å². The highest BCUT2D eigenvalue weighted by molar-refractivity contribution is 7.89. The van der Waals surface area contributed by atoms with Crippen molar-refractivity contribution in [2.75, 3.05) is 36.6 Å². The zero-order valence-corrected chi connectivity index (χ0v) is 21.7. The number of ether oxygens (including phenoxy) is 1. The lowest BCUT2D eigenvalue weighted by Crippen LogP contribution is -2.54. The van der Waals surface area contributed by atoms with Crippen LogP contribution in [-0.4, -0.2) is 71.0 Å². The normalized spacial score (nSPS) is 26.0. The Hall–Kier alpha value is -2.24. The fourth-order valence-corrected chi connectivity index (χ4v) is 7.75. The Kier molecular flexibility index (Phi) is 7.00. The van der Waals surface area contributed by atoms with Crippen LogP contribution in [0.15, 0.2) is 6.07 Å². The Labute approximate surface area is 207 Å². The summed E-state index contributed by atoms with van der Waals surface area (Å²) in [4.78, 5) is 9.85. The SMILES string of the molecule is CCS(=O)(=O)N1[C@@H]2CCC[C@H]1CC(c1c(Nc3cc(C)[nH]n3)nc(NC)nc1C1CCOCC1)C2. The molecule has 2 aromatic rings. The van der Waals surface area contributed by atoms with E-state index in [2.05, 4.69) is 20.8 Å². The second-order valence-electron chi connectivity index (χ2n) is 10.0. The minimum atomic E-state index is -3.24. The Morgan fingerprint density at radius 2 is 1.83 bits per heavy atom. The summed E-state index contributed by atoms with van der Waals surface area (Å²) in [6.45, 7) is 5.17. The molecule has 0 aromatic carbocycles. The van der Waals surface area contributed by atoms with Gasteiger partial charge in [0, 0.05) is 55.6 Å². The summed E-state index contributed by atoms with van der Waals surface area (Å²) in [5, 5.41) is 14.0. The molecule has 2 bridgehead atoms. The van der Waals surface area contributed by atoms with Gasteiger partial charge in [0.25, 0.3) is 0 Å². The van der Waals surface area contributed by atoms with Gasteiger partial charge in [0.15, 0.2) is 5.82 Å². The molecule has 11 heteroatoms. The van der Waals surface area contributed by atoms with Gasteiger partial charge in [-0.1, -0.05) is 6.42 Å². The van der Waals surface area contributed by atoms with E-state index in [0.29, 0.717) is 11.8 Å². The molecule has 10 nitrogen and oxygen atoms in total. The lowest BCUT2D eigenvalue weighted by molar-refractivity contribution is 0.0832. The number of piperidine rings is 2. The van der Waals surface area contributed by atoms with Crippen molar-refractivity contribution in [1.29, 1.82) is 0 Å². The number of H-pyrrole nitrogens is 1. The number of nitrogens with zero attached hydrogens (tertiary/aromatic N) is 4. The first-order chi connectivity index (χ1) is 16.9. The van der Waals surface area contributed by atoms with E-state index < -0.39 is 10.0 Å². The first-order valence-corrected chi connectivity index (χ1v) is 14.5. The summed E-state index contributed by atoms with van der Waals surface area (Å²) in [6, 6.07) is 2.03. The minimum Gasteiger partial charge on any atom is -0.381 e. The van der Waals surface area contributed by atoms with Crippen LogP contribution >= 0.6 is 0 Å². The monoisotopic (exact) mass is 503 g/mol. The topological polar surface area (TPSA) is 125 Å². The molecule has 3 saturated heterocycles. The van der Waals surface area contributed by atoms with E-state index >= 15 is 0 Å². The van der Waals surface area contributed by atoms with Crippen LogP contribution in [0, 0.1) is 6.92 Å². The third kappa shape index (κ3) is 4.90. The fourth-order valence-electron chi connectivity index (χ4n) is 6.16. The van der Waals surface area contributed by atoms with Gasteiger partial charge in [-0.05, 0) is 58.3 Å². The van der Waals surface area contributed by atoms with Crippen LogP contribution in [0.1, 0.15) is 80.7 Å². The number of aromatic amines is 1. The van der Waals surface area contributed by atoms with E-state index in [1.807, 2.05) is 24.3 Å². The number of sulfonamides is 1. The van der Waals surface area contributed by atoms with Crippen LogP contribution in [0.2, 0.25) is 0 Å². The maximum absolute atomic E-state index is 13.0. The predicted octanol–water partition coefficient (Wildman–Crippen LogP) is 3.64. The summed E-state index contributed by atoms with van der Waals surface area (Å²) in [5.74, 6) is 2.69. The quantitative estimate of drug-likeness (QED) is 0.523. The zero-order valence-electron chi connectivity index (χ0n) is 20.9. The number of hydrogen-bond donors (Lipinski definition) is 3. The van der Waals surface area contributed by atoms with Crippen LogP contribution < -0.4 is 10.6 Å². The average molecular weight is 504 g/mol. The van der Waals surface area contributed by atoms with Crippen molar-refractivity contribution in [2.24, 2.45) is 0 Å². The molecule has 0 radical (unpaired) electrons. The molecule has 35 heavy (non-hydrogen) atoms. The molecule has 3 N–H and O–H groups in total.